The Morgan fingerprint density at radius 2 is 1.62 bits per heavy atom. The molecular weight excluding hydrogens is 266 g/mol. The van der Waals surface area contributed by atoms with Crippen LogP contribution >= 0.6 is 0 Å². The minimum Gasteiger partial charge on any atom is -0.490 e. The molecule has 4 nitrogen and oxygen atoms in total. The molecule has 1 aromatic carbocycles. The van der Waals surface area contributed by atoms with Crippen LogP contribution in [0.15, 0.2) is 30.3 Å². The predicted molar refractivity (Wildman–Crippen MR) is 81.9 cm³/mol. The predicted octanol–water partition coefficient (Wildman–Crippen LogP) is 3.57. The van der Waals surface area contributed by atoms with Gasteiger partial charge in [-0.25, -0.2) is 0 Å². The Balaban J connectivity index is 2.15. The highest BCUT2D eigenvalue weighted by Crippen LogP contribution is 2.40. The van der Waals surface area contributed by atoms with Crippen LogP contribution < -0.4 is 4.74 Å². The minimum absolute atomic E-state index is 0.101. The van der Waals surface area contributed by atoms with E-state index in [1.807, 2.05) is 35.4 Å². The average molecular weight is 291 g/mol. The molecular formula is C17H25NO3. The van der Waals surface area contributed by atoms with E-state index < -0.39 is 0 Å². The molecule has 4 heteroatoms. The smallest absolute Gasteiger partial charge is 0.322 e. The van der Waals surface area contributed by atoms with Crippen LogP contribution in [0.1, 0.15) is 47.5 Å². The first-order chi connectivity index (χ1) is 9.71. The summed E-state index contributed by atoms with van der Waals surface area (Å²) in [6.07, 6.45) is 1.71. The molecule has 2 rings (SSSR count). The lowest BCUT2D eigenvalue weighted by Gasteiger charge is -2.52. The summed E-state index contributed by atoms with van der Waals surface area (Å²) in [6, 6.07) is 9.86. The van der Waals surface area contributed by atoms with Crippen molar-refractivity contribution < 1.29 is 14.4 Å². The lowest BCUT2D eigenvalue weighted by atomic mass is 9.80. The van der Waals surface area contributed by atoms with Gasteiger partial charge in [-0.2, -0.15) is 0 Å². The normalized spacial score (nSPS) is 21.8. The van der Waals surface area contributed by atoms with Gasteiger partial charge in [0.05, 0.1) is 11.1 Å². The van der Waals surface area contributed by atoms with Gasteiger partial charge in [0.2, 0.25) is 0 Å². The molecule has 1 aliphatic rings. The van der Waals surface area contributed by atoms with Crippen LogP contribution in [0.3, 0.4) is 0 Å². The Hall–Kier alpha value is -1.55. The summed E-state index contributed by atoms with van der Waals surface area (Å²) in [5.74, 6) is 0.605. The van der Waals surface area contributed by atoms with Gasteiger partial charge in [-0.15, -0.1) is 5.06 Å². The third-order valence-electron chi connectivity index (χ3n) is 3.82. The highest BCUT2D eigenvalue weighted by atomic mass is 16.7. The van der Waals surface area contributed by atoms with Crippen molar-refractivity contribution in [2.24, 2.45) is 0 Å². The number of hydrogen-bond acceptors (Lipinski definition) is 4. The van der Waals surface area contributed by atoms with E-state index in [-0.39, 0.29) is 23.2 Å². The second-order valence-corrected chi connectivity index (χ2v) is 6.96. The van der Waals surface area contributed by atoms with E-state index in [0.717, 1.165) is 18.6 Å². The number of rotatable bonds is 3. The Morgan fingerprint density at radius 3 is 2.10 bits per heavy atom. The molecule has 116 valence electrons. The minimum atomic E-state index is -0.279. The highest BCUT2D eigenvalue weighted by Gasteiger charge is 2.48. The molecule has 1 aromatic rings. The third-order valence-corrected chi connectivity index (χ3v) is 3.82. The van der Waals surface area contributed by atoms with Gasteiger partial charge < -0.3 is 9.57 Å². The lowest BCUT2D eigenvalue weighted by molar-refractivity contribution is -0.273. The quantitative estimate of drug-likeness (QED) is 0.853. The summed E-state index contributed by atoms with van der Waals surface area (Å²) in [5.41, 5.74) is -0.542. The fraction of sp³-hybridized carbons (Fsp3) is 0.588. The molecule has 1 heterocycles. The maximum Gasteiger partial charge on any atom is 0.322 e. The standard InChI is InChI=1S/C17H25NO3/c1-13(19)21-18-16(2,3)11-15(12-17(18,4)5)20-14-9-7-6-8-10-14/h6-10,15H,11-12H2,1-5H3. The topological polar surface area (TPSA) is 38.8 Å². The van der Waals surface area contributed by atoms with Gasteiger partial charge in [0.1, 0.15) is 11.9 Å². The number of hydroxylamine groups is 2. The maximum absolute atomic E-state index is 11.4. The Labute approximate surface area is 127 Å². The largest absolute Gasteiger partial charge is 0.490 e. The Morgan fingerprint density at radius 1 is 1.10 bits per heavy atom. The SMILES string of the molecule is CC(=O)ON1C(C)(C)CC(Oc2ccccc2)CC1(C)C. The molecule has 1 saturated heterocycles. The van der Waals surface area contributed by atoms with Crippen LogP contribution in [0.2, 0.25) is 0 Å². The molecule has 0 aromatic heterocycles. The summed E-state index contributed by atoms with van der Waals surface area (Å²) < 4.78 is 6.11. The number of para-hydroxylation sites is 1. The van der Waals surface area contributed by atoms with Crippen LogP contribution in [0.25, 0.3) is 0 Å². The van der Waals surface area contributed by atoms with Crippen molar-refractivity contribution in [1.82, 2.24) is 5.06 Å². The zero-order valence-electron chi connectivity index (χ0n) is 13.6. The van der Waals surface area contributed by atoms with Crippen LogP contribution in [0.4, 0.5) is 0 Å². The van der Waals surface area contributed by atoms with Crippen molar-refractivity contribution in [2.45, 2.75) is 64.6 Å². The summed E-state index contributed by atoms with van der Waals surface area (Å²) in [4.78, 5) is 16.8. The van der Waals surface area contributed by atoms with E-state index in [9.17, 15) is 4.79 Å². The number of carbonyl (C=O) groups is 1. The van der Waals surface area contributed by atoms with Crippen LogP contribution in [0.5, 0.6) is 5.75 Å². The molecule has 0 amide bonds. The molecule has 0 atom stereocenters. The summed E-state index contributed by atoms with van der Waals surface area (Å²) >= 11 is 0. The Bertz CT molecular complexity index is 478. The first-order valence-electron chi connectivity index (χ1n) is 7.41. The zero-order valence-corrected chi connectivity index (χ0v) is 13.6. The number of nitrogens with zero attached hydrogens (tertiary/aromatic N) is 1. The van der Waals surface area contributed by atoms with Crippen LogP contribution in [-0.2, 0) is 9.63 Å². The fourth-order valence-corrected chi connectivity index (χ4v) is 3.32. The highest BCUT2D eigenvalue weighted by molar-refractivity contribution is 5.65. The van der Waals surface area contributed by atoms with Crippen molar-refractivity contribution in [3.05, 3.63) is 30.3 Å². The van der Waals surface area contributed by atoms with E-state index in [1.54, 1.807) is 0 Å². The van der Waals surface area contributed by atoms with Gasteiger partial charge in [-0.05, 0) is 39.8 Å². The Kier molecular flexibility index (Phi) is 4.28. The molecule has 0 saturated carbocycles. The molecule has 0 spiro atoms. The van der Waals surface area contributed by atoms with E-state index in [4.69, 9.17) is 9.57 Å². The zero-order chi connectivity index (χ0) is 15.7. The molecule has 1 aliphatic heterocycles. The van der Waals surface area contributed by atoms with E-state index in [2.05, 4.69) is 27.7 Å². The van der Waals surface area contributed by atoms with Crippen molar-refractivity contribution >= 4 is 5.97 Å². The fourth-order valence-electron chi connectivity index (χ4n) is 3.32. The van der Waals surface area contributed by atoms with Crippen LogP contribution in [-0.4, -0.2) is 28.2 Å². The molecule has 0 unspecified atom stereocenters. The van der Waals surface area contributed by atoms with Gasteiger partial charge in [-0.3, -0.25) is 4.79 Å². The number of carbonyl (C=O) groups excluding carboxylic acids is 1. The van der Waals surface area contributed by atoms with Gasteiger partial charge in [0.15, 0.2) is 0 Å². The van der Waals surface area contributed by atoms with Crippen molar-refractivity contribution in [3.63, 3.8) is 0 Å². The second-order valence-electron chi connectivity index (χ2n) is 6.96. The van der Waals surface area contributed by atoms with Crippen molar-refractivity contribution in [1.29, 1.82) is 0 Å². The third kappa shape index (κ3) is 3.76. The molecule has 0 bridgehead atoms. The molecule has 0 N–H and O–H groups in total. The first-order valence-corrected chi connectivity index (χ1v) is 7.41. The summed E-state index contributed by atoms with van der Waals surface area (Å²) in [5, 5.41) is 1.83. The van der Waals surface area contributed by atoms with Gasteiger partial charge in [-0.1, -0.05) is 18.2 Å². The monoisotopic (exact) mass is 291 g/mol. The number of piperidine rings is 1. The number of benzene rings is 1. The summed E-state index contributed by atoms with van der Waals surface area (Å²) in [7, 11) is 0. The van der Waals surface area contributed by atoms with E-state index >= 15 is 0 Å². The van der Waals surface area contributed by atoms with Crippen LogP contribution in [0, 0.1) is 0 Å². The lowest BCUT2D eigenvalue weighted by Crippen LogP contribution is -2.62. The molecule has 1 fully saturated rings. The average Bonchev–Trinajstić information content (AvgIpc) is 2.34. The number of ether oxygens (including phenoxy) is 1. The first kappa shape index (κ1) is 15.8. The molecule has 0 radical (unpaired) electrons. The summed E-state index contributed by atoms with van der Waals surface area (Å²) in [6.45, 7) is 9.77. The van der Waals surface area contributed by atoms with Crippen molar-refractivity contribution in [3.8, 4) is 5.75 Å². The van der Waals surface area contributed by atoms with Gasteiger partial charge in [0.25, 0.3) is 0 Å². The maximum atomic E-state index is 11.4. The number of hydrogen-bond donors (Lipinski definition) is 0. The van der Waals surface area contributed by atoms with Crippen molar-refractivity contribution in [2.75, 3.05) is 0 Å². The van der Waals surface area contributed by atoms with Gasteiger partial charge >= 0.3 is 5.97 Å². The van der Waals surface area contributed by atoms with Gasteiger partial charge in [0, 0.05) is 19.8 Å². The molecule has 21 heavy (non-hydrogen) atoms. The molecule has 0 aliphatic carbocycles. The second kappa shape index (κ2) is 5.68. The van der Waals surface area contributed by atoms with E-state index in [1.165, 1.54) is 6.92 Å². The van der Waals surface area contributed by atoms with E-state index in [0.29, 0.717) is 0 Å².